The van der Waals surface area contributed by atoms with Crippen molar-refractivity contribution in [1.29, 1.82) is 0 Å². The average Bonchev–Trinajstić information content (AvgIpc) is 3.33. The van der Waals surface area contributed by atoms with Gasteiger partial charge in [0, 0.05) is 24.3 Å². The number of methoxy groups -OCH3 is 2. The highest BCUT2D eigenvalue weighted by atomic mass is 16.8. The molecule has 0 aliphatic carbocycles. The Labute approximate surface area is 384 Å². The maximum atomic E-state index is 12.9. The summed E-state index contributed by atoms with van der Waals surface area (Å²) in [6, 6.07) is 11.7. The second-order valence-electron chi connectivity index (χ2n) is 15.8. The average molecular weight is 964 g/mol. The lowest BCUT2D eigenvalue weighted by Gasteiger charge is -2.45. The SMILES string of the molecule is COc1cc(C=CC(=O)OC[C@H]2O[C@H](Oc3cc4c(O[C@@H]5O[C@H](CO)[C@@H](O)[C@H](O)[C@H]5O)cc(O)cc4[o+]c3-c3ccc(O)c(OC)c3)[C@H](O[C@@H]3O[C@H](CO)[C@@H](O)[C@H](O)[C@H]3O)[C@@H](O)[C@@H]2O)ccc1O. The van der Waals surface area contributed by atoms with E-state index in [0.717, 1.165) is 18.2 Å². The van der Waals surface area contributed by atoms with Crippen LogP contribution in [-0.2, 0) is 28.5 Å². The van der Waals surface area contributed by atoms with Gasteiger partial charge in [0.05, 0.1) is 39.1 Å². The van der Waals surface area contributed by atoms with E-state index in [9.17, 15) is 71.2 Å². The van der Waals surface area contributed by atoms with Gasteiger partial charge in [-0.25, -0.2) is 9.21 Å². The number of aliphatic hydroxyl groups is 10. The molecule has 3 aliphatic heterocycles. The van der Waals surface area contributed by atoms with E-state index in [1.54, 1.807) is 0 Å². The molecule has 24 heteroatoms. The van der Waals surface area contributed by atoms with Gasteiger partial charge in [-0.05, 0) is 35.9 Å². The normalized spacial score (nSPS) is 31.9. The number of hydrogen-bond acceptors (Lipinski definition) is 23. The summed E-state index contributed by atoms with van der Waals surface area (Å²) in [5.41, 5.74) is 0.418. The van der Waals surface area contributed by atoms with Crippen molar-refractivity contribution in [2.24, 2.45) is 0 Å². The van der Waals surface area contributed by atoms with Crippen molar-refractivity contribution >= 4 is 23.0 Å². The second kappa shape index (κ2) is 21.3. The first-order valence-corrected chi connectivity index (χ1v) is 20.8. The summed E-state index contributed by atoms with van der Waals surface area (Å²) in [4.78, 5) is 12.9. The summed E-state index contributed by atoms with van der Waals surface area (Å²) in [7, 11) is 2.61. The number of esters is 1. The van der Waals surface area contributed by atoms with E-state index in [-0.39, 0.29) is 56.8 Å². The standard InChI is InChI=1S/C44H50O24/c1-59-25-9-17(3-6-21(25)48)4-8-31(50)61-16-30-34(53)37(56)41(68-43-39(58)36(55)33(52)29(15-46)66-43)44(67-30)64-27-13-20-23(62-40(27)18-5-7-22(49)26(10-18)60-2)11-19(47)12-24(20)63-42-38(57)35(54)32(51)28(14-45)65-42/h3-13,28-30,32-39,41-46,51-58H,14-16H2,1-2H3,(H2-,47,48,49,50)/p+1/t28-,29-,30-,32-,33-,34-,35+,36+,37+,38-,39-,41-,42-,43+,44+/m1/s1. The summed E-state index contributed by atoms with van der Waals surface area (Å²) in [6.45, 7) is -2.40. The fraction of sp³-hybridized carbons (Fsp3) is 0.455. The highest BCUT2D eigenvalue weighted by Gasteiger charge is 2.52. The first-order chi connectivity index (χ1) is 32.5. The molecule has 4 heterocycles. The van der Waals surface area contributed by atoms with Gasteiger partial charge in [-0.15, -0.1) is 0 Å². The molecule has 0 amide bonds. The predicted molar refractivity (Wildman–Crippen MR) is 225 cm³/mol. The minimum Gasteiger partial charge on any atom is -0.507 e. The lowest BCUT2D eigenvalue weighted by atomic mass is 9.97. The number of aliphatic hydroxyl groups excluding tert-OH is 10. The maximum Gasteiger partial charge on any atom is 0.402 e. The monoisotopic (exact) mass is 963 g/mol. The number of carbonyl (C=O) groups excluding carboxylic acids is 1. The number of benzene rings is 3. The van der Waals surface area contributed by atoms with E-state index >= 15 is 0 Å². The van der Waals surface area contributed by atoms with Gasteiger partial charge in [0.2, 0.25) is 18.3 Å². The Balaban J connectivity index is 1.28. The van der Waals surface area contributed by atoms with Crippen molar-refractivity contribution < 1.29 is 118 Å². The number of carbonyl (C=O) groups is 1. The number of phenolic OH excluding ortho intramolecular Hbond substituents is 3. The van der Waals surface area contributed by atoms with Gasteiger partial charge in [0.1, 0.15) is 90.6 Å². The van der Waals surface area contributed by atoms with Crippen LogP contribution in [0.3, 0.4) is 0 Å². The van der Waals surface area contributed by atoms with Crippen molar-refractivity contribution in [3.63, 3.8) is 0 Å². The molecule has 3 saturated heterocycles. The molecule has 13 N–H and O–H groups in total. The van der Waals surface area contributed by atoms with Gasteiger partial charge in [-0.3, -0.25) is 0 Å². The molecule has 0 spiro atoms. The molecule has 0 unspecified atom stereocenters. The summed E-state index contributed by atoms with van der Waals surface area (Å²) in [6.07, 6.45) is -25.0. The van der Waals surface area contributed by atoms with Crippen LogP contribution in [0.5, 0.6) is 40.2 Å². The van der Waals surface area contributed by atoms with Crippen LogP contribution < -0.4 is 18.9 Å². The minimum absolute atomic E-state index is 0.0527. The van der Waals surface area contributed by atoms with Crippen molar-refractivity contribution in [3.05, 3.63) is 66.2 Å². The van der Waals surface area contributed by atoms with Gasteiger partial charge < -0.3 is 109 Å². The van der Waals surface area contributed by atoms with E-state index in [1.165, 1.54) is 62.8 Å². The van der Waals surface area contributed by atoms with E-state index in [4.69, 9.17) is 47.0 Å². The topological polar surface area (TPSA) is 374 Å². The van der Waals surface area contributed by atoms with Crippen molar-refractivity contribution in [2.75, 3.05) is 34.0 Å². The molecule has 3 aliphatic rings. The Morgan fingerprint density at radius 2 is 1.19 bits per heavy atom. The van der Waals surface area contributed by atoms with E-state index in [2.05, 4.69) is 0 Å². The molecule has 4 aromatic rings. The molecule has 0 bridgehead atoms. The highest BCUT2D eigenvalue weighted by Crippen LogP contribution is 2.44. The molecule has 15 atom stereocenters. The molecule has 68 heavy (non-hydrogen) atoms. The molecule has 0 radical (unpaired) electrons. The Hall–Kier alpha value is -5.68. The first-order valence-electron chi connectivity index (χ1n) is 20.8. The third-order valence-electron chi connectivity index (χ3n) is 11.4. The van der Waals surface area contributed by atoms with Crippen molar-refractivity contribution in [2.45, 2.75) is 92.1 Å². The number of hydrogen-bond donors (Lipinski definition) is 13. The highest BCUT2D eigenvalue weighted by molar-refractivity contribution is 5.89. The van der Waals surface area contributed by atoms with Gasteiger partial charge in [-0.1, -0.05) is 6.07 Å². The van der Waals surface area contributed by atoms with Crippen molar-refractivity contribution in [3.8, 4) is 51.6 Å². The third kappa shape index (κ3) is 10.5. The molecule has 0 saturated carbocycles. The van der Waals surface area contributed by atoms with Crippen LogP contribution in [0.2, 0.25) is 0 Å². The predicted octanol–water partition coefficient (Wildman–Crippen LogP) is -2.04. The van der Waals surface area contributed by atoms with Crippen LogP contribution in [0.1, 0.15) is 5.56 Å². The Bertz CT molecular complexity index is 2410. The third-order valence-corrected chi connectivity index (χ3v) is 11.4. The van der Waals surface area contributed by atoms with Crippen LogP contribution in [0.4, 0.5) is 0 Å². The van der Waals surface area contributed by atoms with Crippen LogP contribution in [-0.4, -0.2) is 199 Å². The van der Waals surface area contributed by atoms with Crippen molar-refractivity contribution in [1.82, 2.24) is 0 Å². The Morgan fingerprint density at radius 3 is 1.84 bits per heavy atom. The van der Waals surface area contributed by atoms with Crippen LogP contribution in [0, 0.1) is 0 Å². The lowest BCUT2D eigenvalue weighted by molar-refractivity contribution is -0.357. The second-order valence-corrected chi connectivity index (χ2v) is 15.8. The Morgan fingerprint density at radius 1 is 0.618 bits per heavy atom. The summed E-state index contributed by atoms with van der Waals surface area (Å²) in [5, 5.41) is 137. The van der Waals surface area contributed by atoms with E-state index in [1.807, 2.05) is 0 Å². The number of fused-ring (bicyclic) bond motifs is 1. The van der Waals surface area contributed by atoms with Crippen LogP contribution in [0.15, 0.2) is 65.1 Å². The number of aromatic hydroxyl groups is 3. The fourth-order valence-electron chi connectivity index (χ4n) is 7.58. The molecule has 1 aromatic heterocycles. The summed E-state index contributed by atoms with van der Waals surface area (Å²) >= 11 is 0. The van der Waals surface area contributed by atoms with E-state index in [0.29, 0.717) is 5.56 Å². The minimum atomic E-state index is -2.07. The van der Waals surface area contributed by atoms with Gasteiger partial charge in [0.25, 0.3) is 0 Å². The zero-order valence-electron chi connectivity index (χ0n) is 35.9. The Kier molecular flexibility index (Phi) is 15.7. The molecular formula is C44H51O24+. The molecular weight excluding hydrogens is 912 g/mol. The largest absolute Gasteiger partial charge is 0.507 e. The van der Waals surface area contributed by atoms with Gasteiger partial charge >= 0.3 is 17.3 Å². The lowest BCUT2D eigenvalue weighted by Crippen LogP contribution is -2.65. The molecule has 3 aromatic carbocycles. The number of ether oxygens (including phenoxy) is 9. The van der Waals surface area contributed by atoms with Crippen LogP contribution in [0.25, 0.3) is 28.4 Å². The molecule has 370 valence electrons. The number of phenols is 3. The number of rotatable bonds is 15. The first kappa shape index (κ1) is 50.2. The molecule has 3 fully saturated rings. The smallest absolute Gasteiger partial charge is 0.402 e. The fourth-order valence-corrected chi connectivity index (χ4v) is 7.58. The van der Waals surface area contributed by atoms with Gasteiger partial charge in [0.15, 0.2) is 35.4 Å². The molecule has 7 rings (SSSR count). The van der Waals surface area contributed by atoms with E-state index < -0.39 is 124 Å². The summed E-state index contributed by atoms with van der Waals surface area (Å²) < 4.78 is 57.4. The van der Waals surface area contributed by atoms with Gasteiger partial charge in [-0.2, -0.15) is 0 Å². The summed E-state index contributed by atoms with van der Waals surface area (Å²) in [5.74, 6) is -2.62. The quantitative estimate of drug-likeness (QED) is 0.0347. The zero-order valence-corrected chi connectivity index (χ0v) is 35.9. The zero-order chi connectivity index (χ0) is 49.1. The maximum absolute atomic E-state index is 12.9. The van der Waals surface area contributed by atoms with Crippen LogP contribution >= 0.6 is 0 Å². The molecule has 24 nitrogen and oxygen atoms in total.